The van der Waals surface area contributed by atoms with Crippen LogP contribution < -0.4 is 4.74 Å². The number of halogens is 3. The van der Waals surface area contributed by atoms with Crippen molar-refractivity contribution in [3.8, 4) is 16.9 Å². The molecule has 0 bridgehead atoms. The van der Waals surface area contributed by atoms with E-state index >= 15 is 0 Å². The molecule has 2 rings (SSSR count). The lowest BCUT2D eigenvalue weighted by molar-refractivity contribution is -0.141. The van der Waals surface area contributed by atoms with Crippen LogP contribution in [0, 0.1) is 0 Å². The Balaban J connectivity index is 0.00000204. The fourth-order valence-electron chi connectivity index (χ4n) is 2.27. The SMILES string of the molecule is CC.COc1cnc(C(F)(F)F)cc1-c1cc(CC(=O)N(C)C)ncc1C(=O)O. The van der Waals surface area contributed by atoms with Crippen LogP contribution in [0.2, 0.25) is 0 Å². The largest absolute Gasteiger partial charge is 0.494 e. The maximum Gasteiger partial charge on any atom is 0.433 e. The van der Waals surface area contributed by atoms with E-state index in [4.69, 9.17) is 4.74 Å². The van der Waals surface area contributed by atoms with Crippen LogP contribution in [-0.4, -0.2) is 53.1 Å². The van der Waals surface area contributed by atoms with E-state index < -0.39 is 17.8 Å². The van der Waals surface area contributed by atoms with Gasteiger partial charge in [-0.2, -0.15) is 13.2 Å². The minimum Gasteiger partial charge on any atom is -0.494 e. The lowest BCUT2D eigenvalue weighted by Gasteiger charge is -2.15. The second-order valence-corrected chi connectivity index (χ2v) is 5.76. The first-order valence-electron chi connectivity index (χ1n) is 8.58. The van der Waals surface area contributed by atoms with Crippen molar-refractivity contribution in [2.75, 3.05) is 21.2 Å². The Morgan fingerprint density at radius 3 is 2.21 bits per heavy atom. The Labute approximate surface area is 166 Å². The van der Waals surface area contributed by atoms with Gasteiger partial charge >= 0.3 is 12.1 Å². The molecule has 0 saturated heterocycles. The number of rotatable bonds is 5. The zero-order chi connectivity index (χ0) is 22.4. The average Bonchev–Trinajstić information content (AvgIpc) is 2.67. The number of hydrogen-bond acceptors (Lipinski definition) is 5. The molecule has 0 atom stereocenters. The van der Waals surface area contributed by atoms with Gasteiger partial charge in [0.1, 0.15) is 11.4 Å². The third-order valence-electron chi connectivity index (χ3n) is 3.69. The van der Waals surface area contributed by atoms with E-state index in [0.29, 0.717) is 6.07 Å². The molecule has 158 valence electrons. The van der Waals surface area contributed by atoms with Crippen molar-refractivity contribution in [3.05, 3.63) is 41.5 Å². The van der Waals surface area contributed by atoms with E-state index in [-0.39, 0.29) is 40.5 Å². The fourth-order valence-corrected chi connectivity index (χ4v) is 2.27. The topological polar surface area (TPSA) is 92.6 Å². The number of nitrogens with zero attached hydrogens (tertiary/aromatic N) is 3. The van der Waals surface area contributed by atoms with Gasteiger partial charge in [0.15, 0.2) is 0 Å². The molecule has 0 unspecified atom stereocenters. The van der Waals surface area contributed by atoms with Crippen LogP contribution in [0.25, 0.3) is 11.1 Å². The predicted molar refractivity (Wildman–Crippen MR) is 99.7 cm³/mol. The zero-order valence-corrected chi connectivity index (χ0v) is 16.7. The highest BCUT2D eigenvalue weighted by Gasteiger charge is 2.34. The normalized spacial score (nSPS) is 10.6. The van der Waals surface area contributed by atoms with Crippen LogP contribution in [0.3, 0.4) is 0 Å². The van der Waals surface area contributed by atoms with Crippen molar-refractivity contribution >= 4 is 11.9 Å². The van der Waals surface area contributed by atoms with Crippen LogP contribution >= 0.6 is 0 Å². The van der Waals surface area contributed by atoms with E-state index in [0.717, 1.165) is 12.4 Å². The maximum atomic E-state index is 13.0. The summed E-state index contributed by atoms with van der Waals surface area (Å²) in [5.41, 5.74) is -1.48. The molecule has 0 fully saturated rings. The number of carboxylic acid groups (broad SMARTS) is 1. The summed E-state index contributed by atoms with van der Waals surface area (Å²) < 4.78 is 44.2. The van der Waals surface area contributed by atoms with Gasteiger partial charge < -0.3 is 14.7 Å². The zero-order valence-electron chi connectivity index (χ0n) is 16.7. The fraction of sp³-hybridized carbons (Fsp3) is 0.368. The molecule has 29 heavy (non-hydrogen) atoms. The standard InChI is InChI=1S/C17H16F3N3O4.C2H6/c1-23(2)15(24)5-9-4-10(12(7-21-9)16(25)26)11-6-14(17(18,19)20)22-8-13(11)27-3;1-2/h4,6-8H,5H2,1-3H3,(H,25,26);1-2H3. The molecule has 0 aliphatic carbocycles. The van der Waals surface area contributed by atoms with Gasteiger partial charge in [0, 0.05) is 31.4 Å². The first-order valence-corrected chi connectivity index (χ1v) is 8.58. The number of ether oxygens (including phenoxy) is 1. The van der Waals surface area contributed by atoms with E-state index in [2.05, 4.69) is 9.97 Å². The van der Waals surface area contributed by atoms with Crippen molar-refractivity contribution in [1.29, 1.82) is 0 Å². The first-order chi connectivity index (χ1) is 13.5. The highest BCUT2D eigenvalue weighted by Crippen LogP contribution is 2.37. The number of amides is 1. The second-order valence-electron chi connectivity index (χ2n) is 5.76. The van der Waals surface area contributed by atoms with Crippen molar-refractivity contribution in [2.24, 2.45) is 0 Å². The molecule has 7 nitrogen and oxygen atoms in total. The lowest BCUT2D eigenvalue weighted by Crippen LogP contribution is -2.24. The molecule has 2 aromatic heterocycles. The maximum absolute atomic E-state index is 13.0. The third-order valence-corrected chi connectivity index (χ3v) is 3.69. The summed E-state index contributed by atoms with van der Waals surface area (Å²) in [5.74, 6) is -1.72. The van der Waals surface area contributed by atoms with E-state index in [1.807, 2.05) is 13.8 Å². The summed E-state index contributed by atoms with van der Waals surface area (Å²) in [6.45, 7) is 4.00. The average molecular weight is 413 g/mol. The predicted octanol–water partition coefficient (Wildman–Crippen LogP) is 3.53. The third kappa shape index (κ3) is 5.90. The Morgan fingerprint density at radius 1 is 1.10 bits per heavy atom. The molecule has 0 radical (unpaired) electrons. The molecular weight excluding hydrogens is 391 g/mol. The number of likely N-dealkylation sites (N-methyl/N-ethyl adjacent to an activating group) is 1. The Hall–Kier alpha value is -3.17. The van der Waals surface area contributed by atoms with Gasteiger partial charge in [-0.1, -0.05) is 13.8 Å². The molecule has 1 amide bonds. The van der Waals surface area contributed by atoms with Crippen molar-refractivity contribution in [1.82, 2.24) is 14.9 Å². The molecule has 0 aliphatic heterocycles. The number of alkyl halides is 3. The molecule has 0 aliphatic rings. The van der Waals surface area contributed by atoms with Crippen molar-refractivity contribution in [3.63, 3.8) is 0 Å². The highest BCUT2D eigenvalue weighted by molar-refractivity contribution is 5.97. The molecule has 1 N–H and O–H groups in total. The molecule has 2 aromatic rings. The Bertz CT molecular complexity index is 883. The smallest absolute Gasteiger partial charge is 0.433 e. The van der Waals surface area contributed by atoms with Crippen molar-refractivity contribution in [2.45, 2.75) is 26.4 Å². The van der Waals surface area contributed by atoms with Crippen LogP contribution in [0.5, 0.6) is 5.75 Å². The second kappa shape index (κ2) is 9.85. The van der Waals surface area contributed by atoms with Crippen LogP contribution in [0.4, 0.5) is 13.2 Å². The summed E-state index contributed by atoms with van der Waals surface area (Å²) in [5, 5.41) is 9.39. The van der Waals surface area contributed by atoms with E-state index in [9.17, 15) is 27.9 Å². The highest BCUT2D eigenvalue weighted by atomic mass is 19.4. The van der Waals surface area contributed by atoms with Crippen LogP contribution in [0.1, 0.15) is 35.6 Å². The minimum absolute atomic E-state index is 0.0402. The summed E-state index contributed by atoms with van der Waals surface area (Å²) in [7, 11) is 4.30. The van der Waals surface area contributed by atoms with Crippen LogP contribution in [0.15, 0.2) is 24.5 Å². The number of methoxy groups -OCH3 is 1. The Morgan fingerprint density at radius 2 is 1.72 bits per heavy atom. The first kappa shape index (κ1) is 23.9. The molecule has 0 aromatic carbocycles. The Kier molecular flexibility index (Phi) is 8.11. The van der Waals surface area contributed by atoms with Crippen molar-refractivity contribution < 1.29 is 32.6 Å². The van der Waals surface area contributed by atoms with Gasteiger partial charge in [0.05, 0.1) is 31.0 Å². The minimum atomic E-state index is -4.72. The van der Waals surface area contributed by atoms with Crippen LogP contribution in [-0.2, 0) is 17.4 Å². The molecule has 10 heteroatoms. The number of hydrogen-bond donors (Lipinski definition) is 1. The van der Waals surface area contributed by atoms with Gasteiger partial charge in [-0.05, 0) is 12.1 Å². The van der Waals surface area contributed by atoms with Gasteiger partial charge in [-0.3, -0.25) is 9.78 Å². The number of aromatic carboxylic acids is 1. The molecule has 2 heterocycles. The molecule has 0 saturated carbocycles. The van der Waals surface area contributed by atoms with E-state index in [1.165, 1.54) is 32.2 Å². The number of aromatic nitrogens is 2. The molecule has 0 spiro atoms. The number of carbonyl (C=O) groups excluding carboxylic acids is 1. The number of carboxylic acids is 1. The summed E-state index contributed by atoms with van der Waals surface area (Å²) >= 11 is 0. The van der Waals surface area contributed by atoms with Gasteiger partial charge in [-0.15, -0.1) is 0 Å². The number of pyridine rings is 2. The summed E-state index contributed by atoms with van der Waals surface area (Å²) in [6, 6.07) is 1.97. The summed E-state index contributed by atoms with van der Waals surface area (Å²) in [6.07, 6.45) is -2.99. The number of carbonyl (C=O) groups is 2. The van der Waals surface area contributed by atoms with Gasteiger partial charge in [0.2, 0.25) is 5.91 Å². The summed E-state index contributed by atoms with van der Waals surface area (Å²) in [4.78, 5) is 31.9. The quantitative estimate of drug-likeness (QED) is 0.806. The monoisotopic (exact) mass is 413 g/mol. The lowest BCUT2D eigenvalue weighted by atomic mass is 9.99. The molecular formula is C19H22F3N3O4. The van der Waals surface area contributed by atoms with E-state index in [1.54, 1.807) is 0 Å². The van der Waals surface area contributed by atoms with Gasteiger partial charge in [-0.25, -0.2) is 9.78 Å². The van der Waals surface area contributed by atoms with Gasteiger partial charge in [0.25, 0.3) is 0 Å².